The van der Waals surface area contributed by atoms with E-state index in [1.165, 1.54) is 7.11 Å². The van der Waals surface area contributed by atoms with Crippen LogP contribution in [0, 0.1) is 0 Å². The molecule has 1 aromatic carbocycles. The fraction of sp³-hybridized carbons (Fsp3) is 0.300. The van der Waals surface area contributed by atoms with Crippen LogP contribution in [0.4, 0.5) is 0 Å². The summed E-state index contributed by atoms with van der Waals surface area (Å²) in [6, 6.07) is 9.38. The van der Waals surface area contributed by atoms with Gasteiger partial charge >= 0.3 is 5.97 Å². The molecule has 0 aliphatic heterocycles. The summed E-state index contributed by atoms with van der Waals surface area (Å²) in [5.41, 5.74) is 4.18. The van der Waals surface area contributed by atoms with Crippen molar-refractivity contribution in [3.63, 3.8) is 0 Å². The summed E-state index contributed by atoms with van der Waals surface area (Å²) in [7, 11) is 1.38. The lowest BCUT2D eigenvalue weighted by molar-refractivity contribution is 0.0598. The van der Waals surface area contributed by atoms with Crippen molar-refractivity contribution in [2.75, 3.05) is 13.7 Å². The van der Waals surface area contributed by atoms with Crippen LogP contribution in [0.5, 0.6) is 0 Å². The van der Waals surface area contributed by atoms with E-state index in [0.717, 1.165) is 28.8 Å². The van der Waals surface area contributed by atoms with E-state index in [-0.39, 0.29) is 12.1 Å². The zero-order valence-electron chi connectivity index (χ0n) is 14.3. The number of rotatable bonds is 6. The summed E-state index contributed by atoms with van der Waals surface area (Å²) >= 11 is 6.39. The molecule has 1 aliphatic carbocycles. The number of benzene rings is 1. The molecular weight excluding hydrogens is 338 g/mol. The molecule has 0 N–H and O–H groups in total. The molecule has 0 amide bonds. The number of pyridine rings is 1. The predicted octanol–water partition coefficient (Wildman–Crippen LogP) is 4.63. The molecular formula is C20H20ClNO3. The lowest BCUT2D eigenvalue weighted by Crippen LogP contribution is -2.11. The van der Waals surface area contributed by atoms with Crippen molar-refractivity contribution in [2.45, 2.75) is 25.9 Å². The summed E-state index contributed by atoms with van der Waals surface area (Å²) in [5.74, 6) is -0.350. The van der Waals surface area contributed by atoms with Gasteiger partial charge in [-0.1, -0.05) is 36.7 Å². The highest BCUT2D eigenvalue weighted by molar-refractivity contribution is 6.31. The Hall–Kier alpha value is -2.17. The normalized spacial score (nSPS) is 14.0. The maximum atomic E-state index is 12.0. The fourth-order valence-electron chi connectivity index (χ4n) is 3.04. The number of carbonyl (C=O) groups is 1. The molecule has 5 heteroatoms. The van der Waals surface area contributed by atoms with Gasteiger partial charge in [-0.2, -0.15) is 0 Å². The van der Waals surface area contributed by atoms with Gasteiger partial charge in [0.1, 0.15) is 6.10 Å². The quantitative estimate of drug-likeness (QED) is 0.707. The average molecular weight is 358 g/mol. The Morgan fingerprint density at radius 1 is 1.32 bits per heavy atom. The number of aromatic nitrogens is 1. The van der Waals surface area contributed by atoms with Gasteiger partial charge in [0.25, 0.3) is 0 Å². The number of nitrogens with zero attached hydrogens (tertiary/aromatic N) is 1. The van der Waals surface area contributed by atoms with Crippen molar-refractivity contribution in [1.82, 2.24) is 4.98 Å². The second-order valence-corrected chi connectivity index (χ2v) is 6.29. The van der Waals surface area contributed by atoms with Gasteiger partial charge in [0.05, 0.1) is 18.4 Å². The largest absolute Gasteiger partial charge is 0.465 e. The highest BCUT2D eigenvalue weighted by Gasteiger charge is 2.28. The first-order valence-corrected chi connectivity index (χ1v) is 8.66. The lowest BCUT2D eigenvalue weighted by Gasteiger charge is -2.21. The third kappa shape index (κ3) is 3.60. The summed E-state index contributed by atoms with van der Waals surface area (Å²) in [6.07, 6.45) is 4.86. The van der Waals surface area contributed by atoms with E-state index in [4.69, 9.17) is 21.1 Å². The van der Waals surface area contributed by atoms with Crippen molar-refractivity contribution in [3.8, 4) is 0 Å². The van der Waals surface area contributed by atoms with Crippen LogP contribution in [0.15, 0.2) is 42.1 Å². The molecule has 1 unspecified atom stereocenters. The van der Waals surface area contributed by atoms with Crippen molar-refractivity contribution >= 4 is 23.6 Å². The molecule has 0 radical (unpaired) electrons. The van der Waals surface area contributed by atoms with Gasteiger partial charge in [-0.05, 0) is 42.2 Å². The van der Waals surface area contributed by atoms with Crippen LogP contribution in [-0.4, -0.2) is 24.7 Å². The third-order valence-corrected chi connectivity index (χ3v) is 4.55. The molecule has 0 bridgehead atoms. The first-order valence-electron chi connectivity index (χ1n) is 8.28. The van der Waals surface area contributed by atoms with E-state index in [1.807, 2.05) is 30.3 Å². The Morgan fingerprint density at radius 3 is 2.84 bits per heavy atom. The summed E-state index contributed by atoms with van der Waals surface area (Å²) in [5, 5.41) is 0.668. The van der Waals surface area contributed by atoms with Crippen LogP contribution in [0.25, 0.3) is 6.08 Å². The molecule has 0 saturated heterocycles. The number of methoxy groups -OCH3 is 1. The first kappa shape index (κ1) is 17.6. The third-order valence-electron chi connectivity index (χ3n) is 4.21. The van der Waals surface area contributed by atoms with Gasteiger partial charge in [-0.15, -0.1) is 0 Å². The molecule has 1 atom stereocenters. The Kier molecular flexibility index (Phi) is 5.51. The Labute approximate surface area is 152 Å². The minimum atomic E-state index is -0.350. The predicted molar refractivity (Wildman–Crippen MR) is 97.7 cm³/mol. The van der Waals surface area contributed by atoms with Crippen LogP contribution in [0.3, 0.4) is 0 Å². The number of hydrogen-bond donors (Lipinski definition) is 0. The molecule has 2 aromatic rings. The zero-order valence-corrected chi connectivity index (χ0v) is 15.0. The van der Waals surface area contributed by atoms with Crippen LogP contribution in [-0.2, 0) is 15.9 Å². The van der Waals surface area contributed by atoms with E-state index >= 15 is 0 Å². The fourth-order valence-corrected chi connectivity index (χ4v) is 3.27. The Bertz CT molecular complexity index is 816. The second kappa shape index (κ2) is 7.81. The number of halogens is 1. The summed E-state index contributed by atoms with van der Waals surface area (Å²) < 4.78 is 11.0. The van der Waals surface area contributed by atoms with Gasteiger partial charge in [-0.3, -0.25) is 4.98 Å². The highest BCUT2D eigenvalue weighted by Crippen LogP contribution is 2.38. The van der Waals surface area contributed by atoms with Crippen molar-refractivity contribution < 1.29 is 14.3 Å². The van der Waals surface area contributed by atoms with Gasteiger partial charge in [0.15, 0.2) is 0 Å². The lowest BCUT2D eigenvalue weighted by atomic mass is 9.98. The number of esters is 1. The number of fused-ring (bicyclic) bond motifs is 1. The van der Waals surface area contributed by atoms with Crippen molar-refractivity contribution in [3.05, 3.63) is 69.5 Å². The molecule has 0 spiro atoms. The molecule has 0 saturated carbocycles. The average Bonchev–Trinajstić information content (AvgIpc) is 3.06. The second-order valence-electron chi connectivity index (χ2n) is 5.88. The smallest absolute Gasteiger partial charge is 0.338 e. The Morgan fingerprint density at radius 2 is 2.12 bits per heavy atom. The standard InChI is InChI=1S/C20H20ClNO3/c1-3-10-25-19(15-6-4-5-7-17(15)21)13-11-16-14(20(23)24-2)8-9-22-18(16)12-13/h4-9,12,19H,3,10-11H2,1-2H3. The molecule has 0 fully saturated rings. The Balaban J connectivity index is 1.96. The van der Waals surface area contributed by atoms with Crippen LogP contribution < -0.4 is 0 Å². The number of hydrogen-bond acceptors (Lipinski definition) is 4. The van der Waals surface area contributed by atoms with Gasteiger partial charge in [0, 0.05) is 23.4 Å². The van der Waals surface area contributed by atoms with Crippen molar-refractivity contribution in [1.29, 1.82) is 0 Å². The minimum absolute atomic E-state index is 0.256. The minimum Gasteiger partial charge on any atom is -0.465 e. The van der Waals surface area contributed by atoms with E-state index in [2.05, 4.69) is 11.9 Å². The van der Waals surface area contributed by atoms with Crippen molar-refractivity contribution in [2.24, 2.45) is 0 Å². The van der Waals surface area contributed by atoms with E-state index in [9.17, 15) is 4.79 Å². The topological polar surface area (TPSA) is 48.4 Å². The summed E-state index contributed by atoms with van der Waals surface area (Å²) in [4.78, 5) is 16.4. The monoisotopic (exact) mass is 357 g/mol. The van der Waals surface area contributed by atoms with Gasteiger partial charge in [0.2, 0.25) is 0 Å². The zero-order chi connectivity index (χ0) is 17.8. The molecule has 4 nitrogen and oxygen atoms in total. The highest BCUT2D eigenvalue weighted by atomic mass is 35.5. The molecule has 130 valence electrons. The van der Waals surface area contributed by atoms with Crippen LogP contribution in [0.2, 0.25) is 5.02 Å². The van der Waals surface area contributed by atoms with E-state index in [0.29, 0.717) is 23.6 Å². The van der Waals surface area contributed by atoms with Gasteiger partial charge in [-0.25, -0.2) is 4.79 Å². The number of ether oxygens (including phenoxy) is 2. The molecule has 1 heterocycles. The molecule has 1 aliphatic rings. The molecule has 25 heavy (non-hydrogen) atoms. The van der Waals surface area contributed by atoms with Crippen LogP contribution >= 0.6 is 11.6 Å². The van der Waals surface area contributed by atoms with Crippen LogP contribution in [0.1, 0.15) is 46.6 Å². The SMILES string of the molecule is CCCOC(C1=Cc2nccc(C(=O)OC)c2C1)c1ccccc1Cl. The maximum absolute atomic E-state index is 12.0. The first-order chi connectivity index (χ1) is 12.2. The van der Waals surface area contributed by atoms with E-state index in [1.54, 1.807) is 12.3 Å². The van der Waals surface area contributed by atoms with Gasteiger partial charge < -0.3 is 9.47 Å². The number of carbonyl (C=O) groups excluding carboxylic acids is 1. The maximum Gasteiger partial charge on any atom is 0.338 e. The summed E-state index contributed by atoms with van der Waals surface area (Å²) in [6.45, 7) is 2.69. The van der Waals surface area contributed by atoms with E-state index < -0.39 is 0 Å². The molecule has 3 rings (SSSR count). The molecule has 1 aromatic heterocycles.